The molecule has 0 amide bonds. The molecule has 4 bridgehead atoms. The number of likely N-dealkylation sites (tertiary alicyclic amines) is 2. The Morgan fingerprint density at radius 3 is 2.58 bits per heavy atom. The zero-order chi connectivity index (χ0) is 23.4. The fourth-order valence-corrected chi connectivity index (χ4v) is 7.48. The van der Waals surface area contributed by atoms with E-state index in [1.54, 1.807) is 0 Å². The van der Waals surface area contributed by atoms with E-state index in [1.165, 1.54) is 19.0 Å². The van der Waals surface area contributed by atoms with Crippen LogP contribution in [0.25, 0.3) is 5.70 Å². The molecule has 6 fully saturated rings. The van der Waals surface area contributed by atoms with Crippen LogP contribution in [0.4, 0.5) is 19.0 Å². The summed E-state index contributed by atoms with van der Waals surface area (Å²) in [7, 11) is 2.22. The smallest absolute Gasteiger partial charge is 0.398 e. The number of anilines is 1. The molecule has 6 aliphatic rings. The number of rotatable bonds is 5. The quantitative estimate of drug-likeness (QED) is 0.661. The summed E-state index contributed by atoms with van der Waals surface area (Å²) in [5, 5.41) is 0. The maximum atomic E-state index is 13.3. The molecule has 3 heterocycles. The third-order valence-electron chi connectivity index (χ3n) is 8.90. The molecule has 2 aliphatic heterocycles. The fraction of sp³-hybridized carbons (Fsp3) is 0.667. The molecule has 6 nitrogen and oxygen atoms in total. The minimum absolute atomic E-state index is 0.0708. The first-order valence-electron chi connectivity index (χ1n) is 11.9. The molecule has 2 saturated heterocycles. The van der Waals surface area contributed by atoms with Gasteiger partial charge < -0.3 is 16.4 Å². The van der Waals surface area contributed by atoms with E-state index in [9.17, 15) is 13.2 Å². The molecule has 1 aromatic heterocycles. The lowest BCUT2D eigenvalue weighted by Gasteiger charge is -2.36. The zero-order valence-electron chi connectivity index (χ0n) is 19.2. The van der Waals surface area contributed by atoms with Crippen molar-refractivity contribution >= 4 is 17.2 Å². The Hall–Kier alpha value is -2.13. The predicted molar refractivity (Wildman–Crippen MR) is 121 cm³/mol. The van der Waals surface area contributed by atoms with Crippen LogP contribution in [0.15, 0.2) is 23.3 Å². The highest BCUT2D eigenvalue weighted by atomic mass is 19.4. The van der Waals surface area contributed by atoms with Crippen molar-refractivity contribution in [3.63, 3.8) is 0 Å². The van der Waals surface area contributed by atoms with Crippen molar-refractivity contribution < 1.29 is 13.2 Å². The molecule has 1 aromatic rings. The normalized spacial score (nSPS) is 40.1. The zero-order valence-corrected chi connectivity index (χ0v) is 19.2. The number of piperazine rings is 1. The minimum atomic E-state index is -4.57. The van der Waals surface area contributed by atoms with E-state index in [1.807, 2.05) is 19.9 Å². The van der Waals surface area contributed by atoms with Gasteiger partial charge in [0, 0.05) is 65.8 Å². The van der Waals surface area contributed by atoms with Gasteiger partial charge in [0.25, 0.3) is 0 Å². The first-order valence-corrected chi connectivity index (χ1v) is 11.9. The average molecular weight is 461 g/mol. The topological polar surface area (TPSA) is 83.8 Å². The van der Waals surface area contributed by atoms with E-state index in [0.29, 0.717) is 35.9 Å². The van der Waals surface area contributed by atoms with Gasteiger partial charge >= 0.3 is 6.18 Å². The highest BCUT2D eigenvalue weighted by Crippen LogP contribution is 2.92. The third-order valence-corrected chi connectivity index (χ3v) is 8.90. The first kappa shape index (κ1) is 21.4. The maximum Gasteiger partial charge on any atom is 0.419 e. The molecule has 7 rings (SSSR count). The van der Waals surface area contributed by atoms with E-state index < -0.39 is 17.6 Å². The number of aliphatic imine (C=N–C) groups is 1. The number of alkyl halides is 3. The Kier molecular flexibility index (Phi) is 4.36. The van der Waals surface area contributed by atoms with E-state index >= 15 is 0 Å². The Labute approximate surface area is 191 Å². The number of halogens is 3. The largest absolute Gasteiger partial charge is 0.419 e. The summed E-state index contributed by atoms with van der Waals surface area (Å²) in [6.45, 7) is 6.37. The molecule has 7 atom stereocenters. The number of nitrogen functional groups attached to an aromatic ring is 1. The summed E-state index contributed by atoms with van der Waals surface area (Å²) in [6.07, 6.45) is 1.02. The average Bonchev–Trinajstić information content (AvgIpc) is 3.18. The second-order valence-corrected chi connectivity index (χ2v) is 10.9. The van der Waals surface area contributed by atoms with Gasteiger partial charge in [0.2, 0.25) is 0 Å². The fourth-order valence-electron chi connectivity index (χ4n) is 7.48. The van der Waals surface area contributed by atoms with Gasteiger partial charge in [-0.1, -0.05) is 0 Å². The van der Waals surface area contributed by atoms with Gasteiger partial charge in [0.05, 0.1) is 5.56 Å². The lowest BCUT2D eigenvalue weighted by atomic mass is 9.97. The van der Waals surface area contributed by atoms with Crippen molar-refractivity contribution in [1.29, 1.82) is 0 Å². The second-order valence-electron chi connectivity index (χ2n) is 10.9. The third kappa shape index (κ3) is 2.94. The Morgan fingerprint density at radius 1 is 1.24 bits per heavy atom. The number of aromatic nitrogens is 1. The van der Waals surface area contributed by atoms with Crippen molar-refractivity contribution in [3.8, 4) is 0 Å². The Bertz CT molecular complexity index is 1060. The molecule has 33 heavy (non-hydrogen) atoms. The summed E-state index contributed by atoms with van der Waals surface area (Å²) in [5.41, 5.74) is 12.4. The van der Waals surface area contributed by atoms with Crippen molar-refractivity contribution in [2.24, 2.45) is 33.9 Å². The number of fused-ring (bicyclic) bond motifs is 3. The number of likely N-dealkylation sites (N-methyl/N-ethyl adjacent to an activating group) is 1. The van der Waals surface area contributed by atoms with Crippen molar-refractivity contribution in [2.45, 2.75) is 57.0 Å². The minimum Gasteiger partial charge on any atom is -0.398 e. The summed E-state index contributed by atoms with van der Waals surface area (Å²) in [4.78, 5) is 13.9. The predicted octanol–water partition coefficient (Wildman–Crippen LogP) is 2.85. The maximum absolute atomic E-state index is 13.3. The highest BCUT2D eigenvalue weighted by Gasteiger charge is 2.93. The van der Waals surface area contributed by atoms with Gasteiger partial charge in [0.1, 0.15) is 5.82 Å². The van der Waals surface area contributed by atoms with Gasteiger partial charge in [0.15, 0.2) is 0 Å². The molecule has 178 valence electrons. The molecule has 0 aromatic carbocycles. The number of nitrogens with zero attached hydrogens (tertiary/aromatic N) is 4. The summed E-state index contributed by atoms with van der Waals surface area (Å²) < 4.78 is 39.9. The van der Waals surface area contributed by atoms with E-state index in [2.05, 4.69) is 21.8 Å². The second kappa shape index (κ2) is 6.72. The van der Waals surface area contributed by atoms with Gasteiger partial charge in [-0.25, -0.2) is 4.98 Å². The molecular formula is C24H31F3N6. The van der Waals surface area contributed by atoms with Crippen LogP contribution in [-0.4, -0.2) is 64.8 Å². The first-order chi connectivity index (χ1) is 15.5. The van der Waals surface area contributed by atoms with Crippen LogP contribution in [0.3, 0.4) is 0 Å². The number of nitrogens with two attached hydrogens (primary N) is 2. The lowest BCUT2D eigenvalue weighted by Crippen LogP contribution is -2.49. The number of allylic oxidation sites excluding steroid dienone is 1. The van der Waals surface area contributed by atoms with Crippen LogP contribution >= 0.6 is 0 Å². The number of pyridine rings is 1. The van der Waals surface area contributed by atoms with E-state index in [0.717, 1.165) is 24.9 Å². The monoisotopic (exact) mass is 460 g/mol. The number of hydrogen-bond donors (Lipinski definition) is 2. The molecular weight excluding hydrogens is 429 g/mol. The van der Waals surface area contributed by atoms with Crippen LogP contribution in [0.2, 0.25) is 0 Å². The van der Waals surface area contributed by atoms with Crippen LogP contribution in [0, 0.1) is 23.2 Å². The van der Waals surface area contributed by atoms with Crippen molar-refractivity contribution in [1.82, 2.24) is 14.8 Å². The molecule has 9 heteroatoms. The summed E-state index contributed by atoms with van der Waals surface area (Å²) >= 11 is 0. The molecule has 0 spiro atoms. The molecule has 4 saturated carbocycles. The molecule has 0 radical (unpaired) electrons. The SMILES string of the molecule is CC(C)N=C(C=C(N)c1cnc(N)c(C(F)(F)F)c1)[C@]12C3C(N4C[C@@H]5C[C@H]4CN5C)C[C@@H]1[C@H]32. The molecule has 4 aliphatic carbocycles. The van der Waals surface area contributed by atoms with Crippen molar-refractivity contribution in [2.75, 3.05) is 25.9 Å². The van der Waals surface area contributed by atoms with Gasteiger partial charge in [-0.15, -0.1) is 0 Å². The Morgan fingerprint density at radius 2 is 2.00 bits per heavy atom. The molecule has 2 unspecified atom stereocenters. The van der Waals surface area contributed by atoms with Crippen LogP contribution in [-0.2, 0) is 6.18 Å². The van der Waals surface area contributed by atoms with Crippen molar-refractivity contribution in [3.05, 3.63) is 29.5 Å². The van der Waals surface area contributed by atoms with Crippen LogP contribution in [0.5, 0.6) is 0 Å². The lowest BCUT2D eigenvalue weighted by molar-refractivity contribution is -0.137. The van der Waals surface area contributed by atoms with E-state index in [4.69, 9.17) is 16.5 Å². The van der Waals surface area contributed by atoms with Crippen LogP contribution in [0.1, 0.15) is 37.8 Å². The molecule has 4 N–H and O–H groups in total. The number of hydrogen-bond acceptors (Lipinski definition) is 6. The summed E-state index contributed by atoms with van der Waals surface area (Å²) in [6, 6.07) is 3.02. The van der Waals surface area contributed by atoms with E-state index in [-0.39, 0.29) is 22.7 Å². The van der Waals surface area contributed by atoms with Gasteiger partial charge in [-0.3, -0.25) is 9.89 Å². The van der Waals surface area contributed by atoms with Gasteiger partial charge in [-0.05, 0) is 63.6 Å². The highest BCUT2D eigenvalue weighted by molar-refractivity contribution is 6.10. The van der Waals surface area contributed by atoms with Gasteiger partial charge in [-0.2, -0.15) is 13.2 Å². The standard InChI is InChI=1S/C24H31F3N6/c1-11(2)31-19(7-17(28)12-4-16(24(25,26)27)22(29)30-8-12)23-15-6-18(21(23)20(15)23)33-10-13-5-14(33)9-32(13)3/h4,7-8,11,13-15,18,20-21H,5-6,9-10,28H2,1-3H3,(H2,29,30)/t13-,14-,15+,18?,20+,21?,23+/m0/s1. The van der Waals surface area contributed by atoms with Crippen LogP contribution < -0.4 is 11.5 Å². The Balaban J connectivity index is 1.27. The summed E-state index contributed by atoms with van der Waals surface area (Å²) in [5.74, 6) is 1.34.